The quantitative estimate of drug-likeness (QED) is 0.670. The highest BCUT2D eigenvalue weighted by Gasteiger charge is 2.11. The number of carbonyl (C=O) groups is 1. The maximum absolute atomic E-state index is 10.5. The maximum atomic E-state index is 10.5. The van der Waals surface area contributed by atoms with Gasteiger partial charge in [-0.2, -0.15) is 0 Å². The predicted octanol–water partition coefficient (Wildman–Crippen LogP) is 2.62. The second kappa shape index (κ2) is 4.94. The van der Waals surface area contributed by atoms with Crippen molar-refractivity contribution in [2.24, 2.45) is 0 Å². The van der Waals surface area contributed by atoms with E-state index in [0.29, 0.717) is 18.9 Å². The van der Waals surface area contributed by atoms with Crippen molar-refractivity contribution < 1.29 is 9.53 Å². The summed E-state index contributed by atoms with van der Waals surface area (Å²) in [6.45, 7) is 1.05. The molecule has 0 spiro atoms. The van der Waals surface area contributed by atoms with Crippen LogP contribution in [0, 0.1) is 0 Å². The zero-order chi connectivity index (χ0) is 13.1. The molecule has 0 fully saturated rings. The summed E-state index contributed by atoms with van der Waals surface area (Å²) >= 11 is 0. The number of ether oxygens (including phenoxy) is 1. The van der Waals surface area contributed by atoms with Crippen molar-refractivity contribution in [3.05, 3.63) is 60.2 Å². The van der Waals surface area contributed by atoms with Crippen molar-refractivity contribution in [1.29, 1.82) is 0 Å². The minimum absolute atomic E-state index is 0.349. The van der Waals surface area contributed by atoms with E-state index in [1.807, 2.05) is 59.3 Å². The number of benzene rings is 2. The summed E-state index contributed by atoms with van der Waals surface area (Å²) in [5.74, 6) is 0.349. The van der Waals surface area contributed by atoms with Crippen LogP contribution in [0.5, 0.6) is 5.88 Å². The fraction of sp³-hybridized carbons (Fsp3) is 0.0667. The number of hydrogen-bond acceptors (Lipinski definition) is 3. The fourth-order valence-electron chi connectivity index (χ4n) is 2.11. The molecular formula is C15H12N2O2. The highest BCUT2D eigenvalue weighted by atomic mass is 16.5. The first-order valence-electron chi connectivity index (χ1n) is 5.98. The predicted molar refractivity (Wildman–Crippen MR) is 72.0 cm³/mol. The van der Waals surface area contributed by atoms with Crippen molar-refractivity contribution in [2.75, 3.05) is 0 Å². The van der Waals surface area contributed by atoms with Crippen LogP contribution in [0.1, 0.15) is 5.56 Å². The molecule has 3 aromatic rings. The Balaban J connectivity index is 2.06. The van der Waals surface area contributed by atoms with Gasteiger partial charge in [-0.1, -0.05) is 42.5 Å². The molecule has 4 nitrogen and oxygen atoms in total. The highest BCUT2D eigenvalue weighted by molar-refractivity contribution is 5.85. The Hall–Kier alpha value is -2.62. The van der Waals surface area contributed by atoms with Gasteiger partial charge in [0.05, 0.1) is 17.4 Å². The molecule has 0 saturated heterocycles. The molecular weight excluding hydrogens is 240 g/mol. The van der Waals surface area contributed by atoms with E-state index in [-0.39, 0.29) is 0 Å². The summed E-state index contributed by atoms with van der Waals surface area (Å²) in [6.07, 6.45) is 0. The van der Waals surface area contributed by atoms with E-state index < -0.39 is 0 Å². The highest BCUT2D eigenvalue weighted by Crippen LogP contribution is 2.24. The van der Waals surface area contributed by atoms with Gasteiger partial charge < -0.3 is 4.74 Å². The van der Waals surface area contributed by atoms with Crippen LogP contribution in [0.2, 0.25) is 0 Å². The molecule has 0 atom stereocenters. The van der Waals surface area contributed by atoms with E-state index in [1.54, 1.807) is 0 Å². The number of fused-ring (bicyclic) bond motifs is 1. The molecule has 0 aliphatic rings. The third-order valence-corrected chi connectivity index (χ3v) is 2.96. The van der Waals surface area contributed by atoms with Crippen molar-refractivity contribution in [3.63, 3.8) is 0 Å². The van der Waals surface area contributed by atoms with Crippen molar-refractivity contribution in [3.8, 4) is 5.88 Å². The van der Waals surface area contributed by atoms with Crippen LogP contribution in [-0.2, 0) is 11.3 Å². The van der Waals surface area contributed by atoms with Crippen molar-refractivity contribution >= 4 is 17.4 Å². The summed E-state index contributed by atoms with van der Waals surface area (Å²) in [5, 5.41) is 5.18. The maximum Gasteiger partial charge on any atom is 0.299 e. The molecule has 1 aromatic heterocycles. The summed E-state index contributed by atoms with van der Waals surface area (Å²) in [4.78, 5) is 10.5. The normalized spacial score (nSPS) is 10.5. The molecule has 0 aliphatic heterocycles. The molecule has 0 N–H and O–H groups in total. The topological polar surface area (TPSA) is 44.1 Å². The van der Waals surface area contributed by atoms with E-state index in [2.05, 4.69) is 5.10 Å². The Kier molecular flexibility index (Phi) is 2.98. The molecule has 0 amide bonds. The first kappa shape index (κ1) is 11.5. The lowest BCUT2D eigenvalue weighted by Gasteiger charge is -2.02. The minimum atomic E-state index is 0.349. The Labute approximate surface area is 110 Å². The molecule has 0 aliphatic carbocycles. The first-order valence-corrected chi connectivity index (χ1v) is 5.98. The molecule has 0 radical (unpaired) electrons. The van der Waals surface area contributed by atoms with Crippen LogP contribution in [-0.4, -0.2) is 16.3 Å². The van der Waals surface area contributed by atoms with Crippen molar-refractivity contribution in [2.45, 2.75) is 6.54 Å². The standard InChI is InChI=1S/C15H12N2O2/c18-11-19-15-13-8-4-5-9-14(13)17(16-15)10-12-6-2-1-3-7-12/h1-9,11H,10H2. The van der Waals surface area contributed by atoms with E-state index >= 15 is 0 Å². The SMILES string of the molecule is O=COc1nn(Cc2ccccc2)c2ccccc12. The monoisotopic (exact) mass is 252 g/mol. The molecule has 0 bridgehead atoms. The van der Waals surface area contributed by atoms with Gasteiger partial charge in [0, 0.05) is 0 Å². The molecule has 4 heteroatoms. The smallest absolute Gasteiger partial charge is 0.299 e. The van der Waals surface area contributed by atoms with Gasteiger partial charge in [-0.25, -0.2) is 0 Å². The average Bonchev–Trinajstić information content (AvgIpc) is 2.79. The van der Waals surface area contributed by atoms with E-state index in [1.165, 1.54) is 0 Å². The zero-order valence-electron chi connectivity index (χ0n) is 10.2. The summed E-state index contributed by atoms with van der Waals surface area (Å²) < 4.78 is 6.76. The van der Waals surface area contributed by atoms with Gasteiger partial charge in [0.15, 0.2) is 0 Å². The van der Waals surface area contributed by atoms with E-state index in [9.17, 15) is 4.79 Å². The third kappa shape index (κ3) is 2.20. The van der Waals surface area contributed by atoms with Gasteiger partial charge in [-0.05, 0) is 17.7 Å². The molecule has 19 heavy (non-hydrogen) atoms. The number of para-hydroxylation sites is 1. The fourth-order valence-corrected chi connectivity index (χ4v) is 2.11. The number of aromatic nitrogens is 2. The van der Waals surface area contributed by atoms with E-state index in [0.717, 1.165) is 16.5 Å². The molecule has 2 aromatic carbocycles. The Morgan fingerprint density at radius 2 is 1.79 bits per heavy atom. The molecule has 3 rings (SSSR count). The molecule has 1 heterocycles. The number of nitrogens with zero attached hydrogens (tertiary/aromatic N) is 2. The summed E-state index contributed by atoms with van der Waals surface area (Å²) in [7, 11) is 0. The lowest BCUT2D eigenvalue weighted by Crippen LogP contribution is -2.01. The molecule has 0 saturated carbocycles. The van der Waals surface area contributed by atoms with Gasteiger partial charge >= 0.3 is 0 Å². The van der Waals surface area contributed by atoms with Crippen LogP contribution in [0.15, 0.2) is 54.6 Å². The van der Waals surface area contributed by atoms with Crippen LogP contribution in [0.4, 0.5) is 0 Å². The van der Waals surface area contributed by atoms with Gasteiger partial charge in [-0.15, -0.1) is 5.10 Å². The summed E-state index contributed by atoms with van der Waals surface area (Å²) in [5.41, 5.74) is 2.09. The van der Waals surface area contributed by atoms with Gasteiger partial charge in [0.2, 0.25) is 5.88 Å². The number of hydrogen-bond donors (Lipinski definition) is 0. The van der Waals surface area contributed by atoms with Crippen LogP contribution < -0.4 is 4.74 Å². The average molecular weight is 252 g/mol. The Bertz CT molecular complexity index is 704. The second-order valence-electron chi connectivity index (χ2n) is 4.18. The Morgan fingerprint density at radius 3 is 2.58 bits per heavy atom. The zero-order valence-corrected chi connectivity index (χ0v) is 10.2. The number of rotatable bonds is 4. The number of carbonyl (C=O) groups excluding carboxylic acids is 1. The van der Waals surface area contributed by atoms with Crippen LogP contribution in [0.3, 0.4) is 0 Å². The second-order valence-corrected chi connectivity index (χ2v) is 4.18. The van der Waals surface area contributed by atoms with E-state index in [4.69, 9.17) is 4.74 Å². The van der Waals surface area contributed by atoms with Gasteiger partial charge in [0.1, 0.15) is 0 Å². The molecule has 0 unspecified atom stereocenters. The largest absolute Gasteiger partial charge is 0.407 e. The van der Waals surface area contributed by atoms with Crippen LogP contribution >= 0.6 is 0 Å². The van der Waals surface area contributed by atoms with Gasteiger partial charge in [0.25, 0.3) is 6.47 Å². The van der Waals surface area contributed by atoms with Crippen molar-refractivity contribution in [1.82, 2.24) is 9.78 Å². The minimum Gasteiger partial charge on any atom is -0.407 e. The van der Waals surface area contributed by atoms with Crippen LogP contribution in [0.25, 0.3) is 10.9 Å². The van der Waals surface area contributed by atoms with Gasteiger partial charge in [-0.3, -0.25) is 9.48 Å². The molecule has 94 valence electrons. The summed E-state index contributed by atoms with van der Waals surface area (Å²) in [6, 6.07) is 17.7. The lowest BCUT2D eigenvalue weighted by atomic mass is 10.2. The third-order valence-electron chi connectivity index (χ3n) is 2.96. The first-order chi connectivity index (χ1) is 9.38. The Morgan fingerprint density at radius 1 is 1.05 bits per heavy atom. The lowest BCUT2D eigenvalue weighted by molar-refractivity contribution is -0.120.